The minimum Gasteiger partial charge on any atom is -0.366 e. The fraction of sp³-hybridized carbons (Fsp3) is 0.455. The quantitative estimate of drug-likeness (QED) is 0.446. The number of nitrogens with zero attached hydrogens (tertiary/aromatic N) is 4. The maximum Gasteiger partial charge on any atom is 0.250 e. The van der Waals surface area contributed by atoms with Gasteiger partial charge in [-0.3, -0.25) is 9.79 Å². The van der Waals surface area contributed by atoms with Crippen molar-refractivity contribution < 1.29 is 8.78 Å². The molecule has 8 heteroatoms. The van der Waals surface area contributed by atoms with Crippen LogP contribution in [0.1, 0.15) is 18.5 Å². The van der Waals surface area contributed by atoms with E-state index in [1.165, 1.54) is 12.1 Å². The first kappa shape index (κ1) is 21.8. The summed E-state index contributed by atoms with van der Waals surface area (Å²) in [7, 11) is 1.74. The lowest BCUT2D eigenvalue weighted by atomic mass is 10.2. The molecule has 1 fully saturated rings. The zero-order valence-corrected chi connectivity index (χ0v) is 17.6. The number of unbranched alkanes of at least 4 members (excludes halogenated alkanes) is 1. The number of rotatable bonds is 6. The number of anilines is 1. The standard InChI is InChI=1S/C22H29F2N5O/c1-17-6-5-7-21(30)29(17)11-4-3-10-26-22(25-2)28-14-12-27(13-15-28)20-16-18(23)8-9-19(20)24/h5-9,16H,3-4,10-15H2,1-2H3,(H,25,26). The van der Waals surface area contributed by atoms with Crippen LogP contribution in [0.2, 0.25) is 0 Å². The Morgan fingerprint density at radius 1 is 1.10 bits per heavy atom. The van der Waals surface area contributed by atoms with Gasteiger partial charge in [-0.2, -0.15) is 0 Å². The molecule has 2 aromatic rings. The van der Waals surface area contributed by atoms with Gasteiger partial charge in [0.1, 0.15) is 11.6 Å². The summed E-state index contributed by atoms with van der Waals surface area (Å²) >= 11 is 0. The van der Waals surface area contributed by atoms with Crippen LogP contribution in [0.15, 0.2) is 46.2 Å². The van der Waals surface area contributed by atoms with E-state index in [1.807, 2.05) is 17.9 Å². The average Bonchev–Trinajstić information content (AvgIpc) is 2.74. The van der Waals surface area contributed by atoms with Gasteiger partial charge in [-0.1, -0.05) is 6.07 Å². The second-order valence-electron chi connectivity index (χ2n) is 7.41. The van der Waals surface area contributed by atoms with E-state index in [0.717, 1.165) is 37.1 Å². The average molecular weight is 418 g/mol. The lowest BCUT2D eigenvalue weighted by Crippen LogP contribution is -2.52. The van der Waals surface area contributed by atoms with Crippen molar-refractivity contribution in [1.82, 2.24) is 14.8 Å². The van der Waals surface area contributed by atoms with Crippen LogP contribution in [0, 0.1) is 18.6 Å². The molecular formula is C22H29F2N5O. The largest absolute Gasteiger partial charge is 0.366 e. The van der Waals surface area contributed by atoms with E-state index in [9.17, 15) is 13.6 Å². The molecule has 0 unspecified atom stereocenters. The Bertz CT molecular complexity index is 935. The SMILES string of the molecule is CN=C(NCCCCn1c(C)cccc1=O)N1CCN(c2cc(F)ccc2F)CC1. The minimum atomic E-state index is -0.431. The zero-order chi connectivity index (χ0) is 21.5. The smallest absolute Gasteiger partial charge is 0.250 e. The van der Waals surface area contributed by atoms with Crippen LogP contribution in [-0.2, 0) is 6.54 Å². The lowest BCUT2D eigenvalue weighted by molar-refractivity contribution is 0.370. The summed E-state index contributed by atoms with van der Waals surface area (Å²) in [4.78, 5) is 20.2. The molecule has 0 saturated carbocycles. The van der Waals surface area contributed by atoms with E-state index < -0.39 is 11.6 Å². The van der Waals surface area contributed by atoms with E-state index in [0.29, 0.717) is 38.4 Å². The van der Waals surface area contributed by atoms with Gasteiger partial charge in [0.15, 0.2) is 5.96 Å². The van der Waals surface area contributed by atoms with Crippen LogP contribution in [0.5, 0.6) is 0 Å². The van der Waals surface area contributed by atoms with Gasteiger partial charge in [-0.05, 0) is 38.0 Å². The van der Waals surface area contributed by atoms with Crippen molar-refractivity contribution in [3.05, 3.63) is 64.1 Å². The molecule has 0 amide bonds. The third kappa shape index (κ3) is 5.37. The van der Waals surface area contributed by atoms with Crippen LogP contribution in [0.3, 0.4) is 0 Å². The maximum atomic E-state index is 14.0. The van der Waals surface area contributed by atoms with Crippen molar-refractivity contribution in [1.29, 1.82) is 0 Å². The monoisotopic (exact) mass is 417 g/mol. The molecule has 1 aromatic carbocycles. The fourth-order valence-corrected chi connectivity index (χ4v) is 3.72. The molecule has 6 nitrogen and oxygen atoms in total. The Balaban J connectivity index is 1.44. The molecule has 30 heavy (non-hydrogen) atoms. The van der Waals surface area contributed by atoms with Crippen LogP contribution >= 0.6 is 0 Å². The highest BCUT2D eigenvalue weighted by atomic mass is 19.1. The molecule has 3 rings (SSSR count). The molecule has 1 aromatic heterocycles. The van der Waals surface area contributed by atoms with Gasteiger partial charge in [0, 0.05) is 64.1 Å². The second kappa shape index (κ2) is 10.2. The van der Waals surface area contributed by atoms with Crippen molar-refractivity contribution in [2.75, 3.05) is 44.7 Å². The van der Waals surface area contributed by atoms with E-state index in [1.54, 1.807) is 23.7 Å². The number of aromatic nitrogens is 1. The van der Waals surface area contributed by atoms with Gasteiger partial charge in [0.25, 0.3) is 5.56 Å². The van der Waals surface area contributed by atoms with Crippen LogP contribution in [0.4, 0.5) is 14.5 Å². The molecule has 162 valence electrons. The highest BCUT2D eigenvalue weighted by molar-refractivity contribution is 5.80. The van der Waals surface area contributed by atoms with E-state index in [2.05, 4.69) is 15.2 Å². The van der Waals surface area contributed by atoms with Crippen LogP contribution in [0.25, 0.3) is 0 Å². The van der Waals surface area contributed by atoms with Crippen LogP contribution in [-0.4, -0.2) is 55.2 Å². The maximum absolute atomic E-state index is 14.0. The van der Waals surface area contributed by atoms with Crippen molar-refractivity contribution in [3.8, 4) is 0 Å². The van der Waals surface area contributed by atoms with Gasteiger partial charge in [0.2, 0.25) is 0 Å². The fourth-order valence-electron chi connectivity index (χ4n) is 3.72. The highest BCUT2D eigenvalue weighted by Crippen LogP contribution is 2.21. The molecule has 0 aliphatic carbocycles. The normalized spacial score (nSPS) is 14.9. The van der Waals surface area contributed by atoms with Gasteiger partial charge in [0.05, 0.1) is 5.69 Å². The molecule has 0 radical (unpaired) electrons. The van der Waals surface area contributed by atoms with Crippen molar-refractivity contribution in [2.45, 2.75) is 26.3 Å². The summed E-state index contributed by atoms with van der Waals surface area (Å²) < 4.78 is 29.3. The highest BCUT2D eigenvalue weighted by Gasteiger charge is 2.21. The molecule has 2 heterocycles. The third-order valence-corrected chi connectivity index (χ3v) is 5.40. The number of halogens is 2. The van der Waals surface area contributed by atoms with Crippen molar-refractivity contribution in [2.24, 2.45) is 4.99 Å². The lowest BCUT2D eigenvalue weighted by Gasteiger charge is -2.37. The van der Waals surface area contributed by atoms with Crippen molar-refractivity contribution >= 4 is 11.6 Å². The zero-order valence-electron chi connectivity index (χ0n) is 17.6. The number of aryl methyl sites for hydroxylation is 1. The summed E-state index contributed by atoms with van der Waals surface area (Å²) in [5.74, 6) is -0.0261. The molecule has 0 spiro atoms. The third-order valence-electron chi connectivity index (χ3n) is 5.40. The van der Waals surface area contributed by atoms with E-state index in [-0.39, 0.29) is 5.56 Å². The minimum absolute atomic E-state index is 0.0337. The molecule has 1 N–H and O–H groups in total. The Labute approximate surface area is 175 Å². The number of hydrogen-bond acceptors (Lipinski definition) is 3. The second-order valence-corrected chi connectivity index (χ2v) is 7.41. The molecule has 1 aliphatic rings. The molecule has 0 atom stereocenters. The topological polar surface area (TPSA) is 52.9 Å². The Morgan fingerprint density at radius 3 is 2.57 bits per heavy atom. The van der Waals surface area contributed by atoms with Gasteiger partial charge in [-0.15, -0.1) is 0 Å². The number of guanidine groups is 1. The van der Waals surface area contributed by atoms with E-state index in [4.69, 9.17) is 0 Å². The van der Waals surface area contributed by atoms with Gasteiger partial charge in [-0.25, -0.2) is 8.78 Å². The van der Waals surface area contributed by atoms with Crippen LogP contribution < -0.4 is 15.8 Å². The van der Waals surface area contributed by atoms with Gasteiger partial charge >= 0.3 is 0 Å². The number of aliphatic imine (C=N–C) groups is 1. The first-order chi connectivity index (χ1) is 14.5. The number of hydrogen-bond donors (Lipinski definition) is 1. The molecule has 1 saturated heterocycles. The number of piperazine rings is 1. The summed E-state index contributed by atoms with van der Waals surface area (Å²) in [6.07, 6.45) is 1.80. The summed E-state index contributed by atoms with van der Waals surface area (Å²) in [5, 5.41) is 3.37. The number of nitrogens with one attached hydrogen (secondary N) is 1. The van der Waals surface area contributed by atoms with Gasteiger partial charge < -0.3 is 19.7 Å². The Kier molecular flexibility index (Phi) is 7.43. The summed E-state index contributed by atoms with van der Waals surface area (Å²) in [6.45, 7) is 5.93. The molecule has 0 bridgehead atoms. The number of benzene rings is 1. The number of pyridine rings is 1. The van der Waals surface area contributed by atoms with E-state index >= 15 is 0 Å². The predicted octanol–water partition coefficient (Wildman–Crippen LogP) is 2.61. The predicted molar refractivity (Wildman–Crippen MR) is 116 cm³/mol. The van der Waals surface area contributed by atoms with Crippen molar-refractivity contribution in [3.63, 3.8) is 0 Å². The molecular weight excluding hydrogens is 388 g/mol. The first-order valence-electron chi connectivity index (χ1n) is 10.3. The molecule has 1 aliphatic heterocycles. The first-order valence-corrected chi connectivity index (χ1v) is 10.3. The summed E-state index contributed by atoms with van der Waals surface area (Å²) in [5.41, 5.74) is 1.31. The Hall–Kier alpha value is -2.90. The Morgan fingerprint density at radius 2 is 1.87 bits per heavy atom. The summed E-state index contributed by atoms with van der Waals surface area (Å²) in [6, 6.07) is 8.86.